The SMILES string of the molecule is Cc1ccc(NC(=O)CCCCOc2ccccc2)cc1C1CCNCC1. The molecule has 0 bridgehead atoms. The molecule has 0 spiro atoms. The number of amides is 1. The van der Waals surface area contributed by atoms with Crippen molar-refractivity contribution < 1.29 is 9.53 Å². The molecule has 144 valence electrons. The fourth-order valence-electron chi connectivity index (χ4n) is 3.61. The number of benzene rings is 2. The number of nitrogens with one attached hydrogen (secondary N) is 2. The Morgan fingerprint density at radius 1 is 1.11 bits per heavy atom. The third-order valence-corrected chi connectivity index (χ3v) is 5.15. The largest absolute Gasteiger partial charge is 0.494 e. The lowest BCUT2D eigenvalue weighted by molar-refractivity contribution is -0.116. The number of carbonyl (C=O) groups excluding carboxylic acids is 1. The number of unbranched alkanes of at least 4 members (excludes halogenated alkanes) is 1. The lowest BCUT2D eigenvalue weighted by atomic mass is 9.87. The van der Waals surface area contributed by atoms with Gasteiger partial charge in [0.25, 0.3) is 0 Å². The van der Waals surface area contributed by atoms with Gasteiger partial charge in [0, 0.05) is 12.1 Å². The Morgan fingerprint density at radius 2 is 1.89 bits per heavy atom. The molecule has 1 fully saturated rings. The monoisotopic (exact) mass is 366 g/mol. The highest BCUT2D eigenvalue weighted by Crippen LogP contribution is 2.30. The minimum absolute atomic E-state index is 0.0785. The van der Waals surface area contributed by atoms with E-state index in [0.29, 0.717) is 18.9 Å². The summed E-state index contributed by atoms with van der Waals surface area (Å²) in [5, 5.41) is 6.48. The average molecular weight is 367 g/mol. The van der Waals surface area contributed by atoms with Crippen LogP contribution in [0.2, 0.25) is 0 Å². The number of hydrogen-bond acceptors (Lipinski definition) is 3. The Kier molecular flexibility index (Phi) is 7.28. The first-order valence-corrected chi connectivity index (χ1v) is 10.0. The summed E-state index contributed by atoms with van der Waals surface area (Å²) in [6.45, 7) is 4.95. The van der Waals surface area contributed by atoms with E-state index in [1.807, 2.05) is 36.4 Å². The van der Waals surface area contributed by atoms with Gasteiger partial charge in [-0.2, -0.15) is 0 Å². The number of piperidine rings is 1. The van der Waals surface area contributed by atoms with Crippen molar-refractivity contribution in [2.45, 2.75) is 44.9 Å². The van der Waals surface area contributed by atoms with Crippen LogP contribution in [0.25, 0.3) is 0 Å². The van der Waals surface area contributed by atoms with E-state index in [9.17, 15) is 4.79 Å². The molecule has 2 aromatic carbocycles. The van der Waals surface area contributed by atoms with Gasteiger partial charge in [0.05, 0.1) is 6.61 Å². The molecule has 27 heavy (non-hydrogen) atoms. The van der Waals surface area contributed by atoms with E-state index in [1.54, 1.807) is 0 Å². The highest BCUT2D eigenvalue weighted by Gasteiger charge is 2.17. The summed E-state index contributed by atoms with van der Waals surface area (Å²) in [7, 11) is 0. The number of para-hydroxylation sites is 1. The minimum Gasteiger partial charge on any atom is -0.494 e. The molecular weight excluding hydrogens is 336 g/mol. The van der Waals surface area contributed by atoms with Crippen LogP contribution in [-0.2, 0) is 4.79 Å². The predicted molar refractivity (Wildman–Crippen MR) is 110 cm³/mol. The van der Waals surface area contributed by atoms with Gasteiger partial charge in [-0.1, -0.05) is 24.3 Å². The number of anilines is 1. The first-order chi connectivity index (χ1) is 13.2. The van der Waals surface area contributed by atoms with E-state index >= 15 is 0 Å². The van der Waals surface area contributed by atoms with Gasteiger partial charge in [0.15, 0.2) is 0 Å². The molecule has 0 unspecified atom stereocenters. The quantitative estimate of drug-likeness (QED) is 0.669. The van der Waals surface area contributed by atoms with Gasteiger partial charge >= 0.3 is 0 Å². The van der Waals surface area contributed by atoms with Crippen molar-refractivity contribution in [3.8, 4) is 5.75 Å². The number of rotatable bonds is 8. The van der Waals surface area contributed by atoms with Crippen molar-refractivity contribution in [3.63, 3.8) is 0 Å². The molecule has 1 amide bonds. The van der Waals surface area contributed by atoms with E-state index in [2.05, 4.69) is 29.7 Å². The van der Waals surface area contributed by atoms with E-state index < -0.39 is 0 Å². The summed E-state index contributed by atoms with van der Waals surface area (Å²) in [4.78, 5) is 12.3. The van der Waals surface area contributed by atoms with Gasteiger partial charge in [0.1, 0.15) is 5.75 Å². The molecule has 0 aliphatic carbocycles. The second-order valence-corrected chi connectivity index (χ2v) is 7.26. The fraction of sp³-hybridized carbons (Fsp3) is 0.435. The molecule has 1 aliphatic rings. The van der Waals surface area contributed by atoms with Gasteiger partial charge in [-0.15, -0.1) is 0 Å². The summed E-state index contributed by atoms with van der Waals surface area (Å²) >= 11 is 0. The molecule has 4 heteroatoms. The molecule has 4 nitrogen and oxygen atoms in total. The second-order valence-electron chi connectivity index (χ2n) is 7.26. The lowest BCUT2D eigenvalue weighted by Gasteiger charge is -2.25. The molecule has 2 aromatic rings. The van der Waals surface area contributed by atoms with Crippen molar-refractivity contribution in [3.05, 3.63) is 59.7 Å². The maximum Gasteiger partial charge on any atom is 0.224 e. The van der Waals surface area contributed by atoms with Crippen LogP contribution in [-0.4, -0.2) is 25.6 Å². The van der Waals surface area contributed by atoms with Crippen molar-refractivity contribution >= 4 is 11.6 Å². The Hall–Kier alpha value is -2.33. The number of hydrogen-bond donors (Lipinski definition) is 2. The van der Waals surface area contributed by atoms with Gasteiger partial charge in [0.2, 0.25) is 5.91 Å². The summed E-state index contributed by atoms with van der Waals surface area (Å²) in [5.74, 6) is 1.56. The maximum absolute atomic E-state index is 12.3. The predicted octanol–water partition coefficient (Wildman–Crippen LogP) is 4.65. The van der Waals surface area contributed by atoms with E-state index in [1.165, 1.54) is 24.0 Å². The van der Waals surface area contributed by atoms with Crippen LogP contribution in [0.3, 0.4) is 0 Å². The molecular formula is C23H30N2O2. The molecule has 3 rings (SSSR count). The normalized spacial score (nSPS) is 14.7. The Bertz CT molecular complexity index is 724. The van der Waals surface area contributed by atoms with Gasteiger partial charge in [-0.05, 0) is 87.0 Å². The molecule has 0 radical (unpaired) electrons. The van der Waals surface area contributed by atoms with Crippen LogP contribution in [0.4, 0.5) is 5.69 Å². The standard InChI is InChI=1S/C23H30N2O2/c1-18-10-11-20(17-22(18)19-12-14-24-15-13-19)25-23(26)9-5-6-16-27-21-7-3-2-4-8-21/h2-4,7-8,10-11,17,19,24H,5-6,9,12-16H2,1H3,(H,25,26). The number of ether oxygens (including phenoxy) is 1. The first kappa shape index (κ1) is 19.4. The Morgan fingerprint density at radius 3 is 2.67 bits per heavy atom. The van der Waals surface area contributed by atoms with E-state index in [0.717, 1.165) is 37.4 Å². The molecule has 0 saturated carbocycles. The molecule has 2 N–H and O–H groups in total. The van der Waals surface area contributed by atoms with Crippen LogP contribution in [0.5, 0.6) is 5.75 Å². The van der Waals surface area contributed by atoms with Crippen molar-refractivity contribution in [1.82, 2.24) is 5.32 Å². The average Bonchev–Trinajstić information content (AvgIpc) is 2.70. The third kappa shape index (κ3) is 6.10. The molecule has 1 aliphatic heterocycles. The Balaban J connectivity index is 1.42. The van der Waals surface area contributed by atoms with Crippen LogP contribution < -0.4 is 15.4 Å². The van der Waals surface area contributed by atoms with E-state index in [-0.39, 0.29) is 5.91 Å². The maximum atomic E-state index is 12.3. The van der Waals surface area contributed by atoms with Crippen molar-refractivity contribution in [1.29, 1.82) is 0 Å². The fourth-order valence-corrected chi connectivity index (χ4v) is 3.61. The second kappa shape index (κ2) is 10.1. The minimum atomic E-state index is 0.0785. The van der Waals surface area contributed by atoms with Crippen molar-refractivity contribution in [2.24, 2.45) is 0 Å². The van der Waals surface area contributed by atoms with Crippen LogP contribution >= 0.6 is 0 Å². The highest BCUT2D eigenvalue weighted by atomic mass is 16.5. The zero-order valence-corrected chi connectivity index (χ0v) is 16.2. The van der Waals surface area contributed by atoms with Gasteiger partial charge < -0.3 is 15.4 Å². The van der Waals surface area contributed by atoms with E-state index in [4.69, 9.17) is 4.74 Å². The zero-order chi connectivity index (χ0) is 18.9. The van der Waals surface area contributed by atoms with Gasteiger partial charge in [-0.25, -0.2) is 0 Å². The topological polar surface area (TPSA) is 50.4 Å². The molecule has 0 aromatic heterocycles. The highest BCUT2D eigenvalue weighted by molar-refractivity contribution is 5.90. The summed E-state index contributed by atoms with van der Waals surface area (Å²) in [6.07, 6.45) is 4.55. The van der Waals surface area contributed by atoms with Crippen LogP contribution in [0, 0.1) is 6.92 Å². The van der Waals surface area contributed by atoms with Crippen molar-refractivity contribution in [2.75, 3.05) is 25.0 Å². The van der Waals surface area contributed by atoms with Crippen LogP contribution in [0.1, 0.15) is 49.1 Å². The Labute approximate surface area is 162 Å². The third-order valence-electron chi connectivity index (χ3n) is 5.15. The smallest absolute Gasteiger partial charge is 0.224 e. The molecule has 1 heterocycles. The zero-order valence-electron chi connectivity index (χ0n) is 16.2. The number of carbonyl (C=O) groups is 1. The summed E-state index contributed by atoms with van der Waals surface area (Å²) in [6, 6.07) is 16.1. The number of aryl methyl sites for hydroxylation is 1. The molecule has 0 atom stereocenters. The molecule has 1 saturated heterocycles. The summed E-state index contributed by atoms with van der Waals surface area (Å²) in [5.41, 5.74) is 3.61. The summed E-state index contributed by atoms with van der Waals surface area (Å²) < 4.78 is 5.67. The lowest BCUT2D eigenvalue weighted by Crippen LogP contribution is -2.27. The first-order valence-electron chi connectivity index (χ1n) is 10.0. The van der Waals surface area contributed by atoms with Crippen LogP contribution in [0.15, 0.2) is 48.5 Å². The van der Waals surface area contributed by atoms with Gasteiger partial charge in [-0.3, -0.25) is 4.79 Å².